The number of likely N-dealkylation sites (tertiary alicyclic amines) is 1. The van der Waals surface area contributed by atoms with E-state index in [1.807, 2.05) is 24.3 Å². The molecule has 1 N–H and O–H groups in total. The van der Waals surface area contributed by atoms with Gasteiger partial charge in [0.05, 0.1) is 24.7 Å². The Morgan fingerprint density at radius 2 is 1.94 bits per heavy atom. The van der Waals surface area contributed by atoms with Gasteiger partial charge in [-0.3, -0.25) is 9.69 Å². The van der Waals surface area contributed by atoms with Crippen LogP contribution >= 0.6 is 0 Å². The minimum absolute atomic E-state index is 0.0226. The first-order valence-corrected chi connectivity index (χ1v) is 13.0. The van der Waals surface area contributed by atoms with Crippen molar-refractivity contribution in [3.8, 4) is 17.1 Å². The Morgan fingerprint density at radius 3 is 2.66 bits per heavy atom. The second-order valence-corrected chi connectivity index (χ2v) is 10.7. The summed E-state index contributed by atoms with van der Waals surface area (Å²) < 4.78 is 34.9. The van der Waals surface area contributed by atoms with Crippen molar-refractivity contribution in [2.45, 2.75) is 50.6 Å². The van der Waals surface area contributed by atoms with E-state index < -0.39 is 9.84 Å². The molecule has 1 aromatic carbocycles. The summed E-state index contributed by atoms with van der Waals surface area (Å²) >= 11 is 0. The Morgan fingerprint density at radius 1 is 1.19 bits per heavy atom. The molecule has 2 saturated heterocycles. The quantitative estimate of drug-likeness (QED) is 0.632. The van der Waals surface area contributed by atoms with Gasteiger partial charge in [0.25, 0.3) is 0 Å². The van der Waals surface area contributed by atoms with Gasteiger partial charge in [-0.1, -0.05) is 11.6 Å². The number of methoxy groups -OCH3 is 1. The maximum Gasteiger partial charge on any atom is 0.226 e. The standard InChI is InChI=1S/C22H30N4O5S/c1-30-17-10-8-16(9-11-17)22-24-21(31-25-22)7-5-6-20(27)23-18-14-32(28,29)15-19(18)26-12-3-2-4-13-26/h8-11,18-19H,2-7,12-15H2,1H3,(H,23,27)/t18-,19+/m0/s1. The average Bonchev–Trinajstić information content (AvgIpc) is 3.38. The van der Waals surface area contributed by atoms with Crippen LogP contribution in [0.3, 0.4) is 0 Å². The fraction of sp³-hybridized carbons (Fsp3) is 0.591. The van der Waals surface area contributed by atoms with E-state index in [9.17, 15) is 13.2 Å². The summed E-state index contributed by atoms with van der Waals surface area (Å²) in [5.74, 6) is 1.74. The molecule has 0 spiro atoms. The molecular formula is C22H30N4O5S. The maximum atomic E-state index is 12.5. The number of benzene rings is 1. The molecule has 3 heterocycles. The average molecular weight is 463 g/mol. The minimum Gasteiger partial charge on any atom is -0.497 e. The number of nitrogens with zero attached hydrogens (tertiary/aromatic N) is 3. The third-order valence-electron chi connectivity index (χ3n) is 6.14. The predicted molar refractivity (Wildman–Crippen MR) is 119 cm³/mol. The van der Waals surface area contributed by atoms with Gasteiger partial charge in [-0.2, -0.15) is 4.98 Å². The van der Waals surface area contributed by atoms with E-state index in [0.717, 1.165) is 37.2 Å². The van der Waals surface area contributed by atoms with E-state index in [2.05, 4.69) is 20.4 Å². The van der Waals surface area contributed by atoms with Gasteiger partial charge in [-0.25, -0.2) is 8.42 Å². The Kier molecular flexibility index (Phi) is 7.10. The highest BCUT2D eigenvalue weighted by Crippen LogP contribution is 2.23. The second-order valence-electron chi connectivity index (χ2n) is 8.51. The number of amides is 1. The van der Waals surface area contributed by atoms with E-state index in [1.54, 1.807) is 7.11 Å². The van der Waals surface area contributed by atoms with Crippen LogP contribution < -0.4 is 10.1 Å². The first-order valence-electron chi connectivity index (χ1n) is 11.1. The molecule has 9 nitrogen and oxygen atoms in total. The van der Waals surface area contributed by atoms with Gasteiger partial charge in [-0.15, -0.1) is 0 Å². The maximum absolute atomic E-state index is 12.5. The molecule has 174 valence electrons. The first kappa shape index (κ1) is 22.7. The molecule has 2 aliphatic rings. The molecule has 0 bridgehead atoms. The number of piperidine rings is 1. The molecule has 2 atom stereocenters. The molecule has 1 amide bonds. The first-order chi connectivity index (χ1) is 15.4. The molecule has 0 radical (unpaired) electrons. The summed E-state index contributed by atoms with van der Waals surface area (Å²) in [7, 11) is -1.52. The number of carbonyl (C=O) groups excluding carboxylic acids is 1. The molecule has 2 aromatic rings. The van der Waals surface area contributed by atoms with Crippen LogP contribution in [0.4, 0.5) is 0 Å². The van der Waals surface area contributed by atoms with E-state index in [0.29, 0.717) is 24.6 Å². The molecule has 0 aliphatic carbocycles. The number of aromatic nitrogens is 2. The zero-order chi connectivity index (χ0) is 22.6. The van der Waals surface area contributed by atoms with E-state index in [4.69, 9.17) is 9.26 Å². The molecule has 0 unspecified atom stereocenters. The summed E-state index contributed by atoms with van der Waals surface area (Å²) in [5, 5.41) is 6.97. The summed E-state index contributed by atoms with van der Waals surface area (Å²) in [6, 6.07) is 6.92. The van der Waals surface area contributed by atoms with Gasteiger partial charge in [-0.05, 0) is 56.6 Å². The largest absolute Gasteiger partial charge is 0.497 e. The van der Waals surface area contributed by atoms with E-state index >= 15 is 0 Å². The summed E-state index contributed by atoms with van der Waals surface area (Å²) in [6.07, 6.45) is 4.66. The Labute approximate surface area is 188 Å². The normalized spacial score (nSPS) is 23.2. The lowest BCUT2D eigenvalue weighted by molar-refractivity contribution is -0.122. The van der Waals surface area contributed by atoms with Gasteiger partial charge < -0.3 is 14.6 Å². The lowest BCUT2D eigenvalue weighted by Gasteiger charge is -2.35. The number of hydrogen-bond donors (Lipinski definition) is 1. The molecule has 0 saturated carbocycles. The van der Waals surface area contributed by atoms with Crippen molar-refractivity contribution in [3.05, 3.63) is 30.2 Å². The summed E-state index contributed by atoms with van der Waals surface area (Å²) in [6.45, 7) is 1.81. The van der Waals surface area contributed by atoms with E-state index in [1.165, 1.54) is 6.42 Å². The zero-order valence-electron chi connectivity index (χ0n) is 18.3. The summed E-state index contributed by atoms with van der Waals surface area (Å²) in [5.41, 5.74) is 0.824. The second kappa shape index (κ2) is 9.99. The Balaban J connectivity index is 1.27. The van der Waals surface area contributed by atoms with Gasteiger partial charge in [0.2, 0.25) is 17.6 Å². The van der Waals surface area contributed by atoms with Crippen LogP contribution in [0.15, 0.2) is 28.8 Å². The van der Waals surface area contributed by atoms with Crippen LogP contribution in [0.5, 0.6) is 5.75 Å². The van der Waals surface area contributed by atoms with Crippen LogP contribution in [0, 0.1) is 0 Å². The number of rotatable bonds is 8. The number of sulfone groups is 1. The molecule has 2 fully saturated rings. The van der Waals surface area contributed by atoms with Gasteiger partial charge in [0.1, 0.15) is 5.75 Å². The third-order valence-corrected chi connectivity index (χ3v) is 7.86. The van der Waals surface area contributed by atoms with Crippen molar-refractivity contribution in [2.75, 3.05) is 31.7 Å². The topological polar surface area (TPSA) is 115 Å². The lowest BCUT2D eigenvalue weighted by atomic mass is 10.0. The Bertz CT molecular complexity index is 1020. The highest BCUT2D eigenvalue weighted by atomic mass is 32.2. The van der Waals surface area contributed by atoms with Crippen LogP contribution in [-0.2, 0) is 21.1 Å². The monoisotopic (exact) mass is 462 g/mol. The number of ether oxygens (including phenoxy) is 1. The number of aryl methyl sites for hydroxylation is 1. The van der Waals surface area contributed by atoms with Crippen molar-refractivity contribution in [2.24, 2.45) is 0 Å². The van der Waals surface area contributed by atoms with Gasteiger partial charge >= 0.3 is 0 Å². The lowest BCUT2D eigenvalue weighted by Crippen LogP contribution is -2.52. The van der Waals surface area contributed by atoms with Crippen molar-refractivity contribution < 1.29 is 22.5 Å². The summed E-state index contributed by atoms with van der Waals surface area (Å²) in [4.78, 5) is 19.1. The van der Waals surface area contributed by atoms with Gasteiger partial charge in [0.15, 0.2) is 9.84 Å². The van der Waals surface area contributed by atoms with Crippen LogP contribution in [0.25, 0.3) is 11.4 Å². The molecule has 2 aliphatic heterocycles. The molecule has 10 heteroatoms. The smallest absolute Gasteiger partial charge is 0.226 e. The van der Waals surface area contributed by atoms with Crippen LogP contribution in [-0.4, -0.2) is 73.2 Å². The zero-order valence-corrected chi connectivity index (χ0v) is 19.1. The van der Waals surface area contributed by atoms with Crippen molar-refractivity contribution >= 4 is 15.7 Å². The van der Waals surface area contributed by atoms with Crippen LogP contribution in [0.2, 0.25) is 0 Å². The molecule has 4 rings (SSSR count). The van der Waals surface area contributed by atoms with Crippen molar-refractivity contribution in [3.63, 3.8) is 0 Å². The predicted octanol–water partition coefficient (Wildman–Crippen LogP) is 1.84. The number of nitrogens with one attached hydrogen (secondary N) is 1. The van der Waals surface area contributed by atoms with E-state index in [-0.39, 0.29) is 35.9 Å². The number of hydrogen-bond acceptors (Lipinski definition) is 8. The highest BCUT2D eigenvalue weighted by molar-refractivity contribution is 7.91. The number of carbonyl (C=O) groups is 1. The fourth-order valence-electron chi connectivity index (χ4n) is 4.47. The highest BCUT2D eigenvalue weighted by Gasteiger charge is 2.41. The minimum atomic E-state index is -3.13. The van der Waals surface area contributed by atoms with Crippen molar-refractivity contribution in [1.29, 1.82) is 0 Å². The fourth-order valence-corrected chi connectivity index (χ4v) is 6.42. The molecular weight excluding hydrogens is 432 g/mol. The SMILES string of the molecule is COc1ccc(-c2noc(CCCC(=O)N[C@H]3CS(=O)(=O)C[C@H]3N3CCCCC3)n2)cc1. The Hall–Kier alpha value is -2.46. The molecule has 32 heavy (non-hydrogen) atoms. The molecule has 1 aromatic heterocycles. The third kappa shape index (κ3) is 5.66. The van der Waals surface area contributed by atoms with Crippen LogP contribution in [0.1, 0.15) is 38.0 Å². The van der Waals surface area contributed by atoms with Crippen molar-refractivity contribution in [1.82, 2.24) is 20.4 Å². The van der Waals surface area contributed by atoms with Gasteiger partial charge in [0, 0.05) is 24.4 Å².